The van der Waals surface area contributed by atoms with Gasteiger partial charge >= 0.3 is 0 Å². The summed E-state index contributed by atoms with van der Waals surface area (Å²) in [4.78, 5) is 2.52. The fourth-order valence-corrected chi connectivity index (χ4v) is 12.7. The van der Waals surface area contributed by atoms with Crippen molar-refractivity contribution in [2.45, 2.75) is 88.9 Å². The quantitative estimate of drug-likeness (QED) is 0.172. The maximum Gasteiger partial charge on any atom is 0.0465 e. The Kier molecular flexibility index (Phi) is 7.34. The van der Waals surface area contributed by atoms with Gasteiger partial charge in [0.2, 0.25) is 0 Å². The molecule has 55 heavy (non-hydrogen) atoms. The number of benzene rings is 6. The fourth-order valence-electron chi connectivity index (χ4n) is 12.7. The second-order valence-electron chi connectivity index (χ2n) is 19.3. The van der Waals surface area contributed by atoms with Gasteiger partial charge in [-0.1, -0.05) is 131 Å². The van der Waals surface area contributed by atoms with Crippen molar-refractivity contribution in [1.82, 2.24) is 0 Å². The Labute approximate surface area is 328 Å². The lowest BCUT2D eigenvalue weighted by atomic mass is 9.43. The summed E-state index contributed by atoms with van der Waals surface area (Å²) in [7, 11) is 0. The predicted molar refractivity (Wildman–Crippen MR) is 231 cm³/mol. The van der Waals surface area contributed by atoms with Crippen molar-refractivity contribution in [3.8, 4) is 33.4 Å². The molecule has 0 atom stereocenters. The Morgan fingerprint density at radius 3 is 1.56 bits per heavy atom. The summed E-state index contributed by atoms with van der Waals surface area (Å²) < 4.78 is 0. The second kappa shape index (κ2) is 12.1. The van der Waals surface area contributed by atoms with Crippen molar-refractivity contribution in [1.29, 1.82) is 0 Å². The molecule has 1 spiro atoms. The van der Waals surface area contributed by atoms with E-state index in [0.29, 0.717) is 0 Å². The molecule has 6 aliphatic rings. The van der Waals surface area contributed by atoms with Gasteiger partial charge in [0, 0.05) is 22.5 Å². The Morgan fingerprint density at radius 2 is 0.909 bits per heavy atom. The van der Waals surface area contributed by atoms with Gasteiger partial charge in [-0.05, 0) is 171 Å². The van der Waals surface area contributed by atoms with Crippen molar-refractivity contribution < 1.29 is 0 Å². The average Bonchev–Trinajstić information content (AvgIpc) is 3.49. The smallest absolute Gasteiger partial charge is 0.0465 e. The summed E-state index contributed by atoms with van der Waals surface area (Å²) >= 11 is 0. The third-order valence-corrected chi connectivity index (χ3v) is 15.3. The Bertz CT molecular complexity index is 2400. The van der Waals surface area contributed by atoms with E-state index >= 15 is 0 Å². The first-order valence-electron chi connectivity index (χ1n) is 21.1. The van der Waals surface area contributed by atoms with Crippen LogP contribution in [0.25, 0.3) is 33.4 Å². The fraction of sp³-hybridized carbons (Fsp3) is 0.333. The van der Waals surface area contributed by atoms with Crippen LogP contribution in [-0.4, -0.2) is 0 Å². The van der Waals surface area contributed by atoms with Crippen molar-refractivity contribution in [2.75, 3.05) is 4.90 Å². The highest BCUT2D eigenvalue weighted by atomic mass is 15.1. The molecule has 6 aromatic rings. The van der Waals surface area contributed by atoms with Crippen molar-refractivity contribution >= 4 is 17.1 Å². The highest BCUT2D eigenvalue weighted by Crippen LogP contribution is 2.69. The number of hydrogen-bond donors (Lipinski definition) is 0. The topological polar surface area (TPSA) is 3.24 Å². The van der Waals surface area contributed by atoms with Gasteiger partial charge in [0.05, 0.1) is 0 Å². The number of fused-ring (bicyclic) bond motifs is 4. The largest absolute Gasteiger partial charge is 0.310 e. The van der Waals surface area contributed by atoms with E-state index in [4.69, 9.17) is 0 Å². The molecule has 0 heterocycles. The van der Waals surface area contributed by atoms with Crippen LogP contribution in [0.5, 0.6) is 0 Å². The van der Waals surface area contributed by atoms with E-state index in [0.717, 1.165) is 23.7 Å². The molecule has 274 valence electrons. The molecule has 4 bridgehead atoms. The summed E-state index contributed by atoms with van der Waals surface area (Å²) in [6, 6.07) is 53.7. The maximum absolute atomic E-state index is 2.63. The van der Waals surface area contributed by atoms with Crippen LogP contribution >= 0.6 is 0 Å². The van der Waals surface area contributed by atoms with Gasteiger partial charge in [-0.25, -0.2) is 0 Å². The molecule has 0 radical (unpaired) electrons. The number of nitrogens with zero attached hydrogens (tertiary/aromatic N) is 1. The van der Waals surface area contributed by atoms with E-state index in [2.05, 4.69) is 172 Å². The first kappa shape index (κ1) is 33.5. The SMILES string of the molecule is CC1(C)CCC(C)(C)c2cc(-c3ccc(N(c4ccc(-c5ccccc5)cc4)c4ccc5c(c4)C4(c6ccccc6-5)C5CC6CC(C5)CC4C6)cc3)ccc21. The molecular weight excluding hydrogens is 663 g/mol. The lowest BCUT2D eigenvalue weighted by molar-refractivity contribution is -0.0399. The number of rotatable bonds is 5. The number of anilines is 3. The minimum absolute atomic E-state index is 0.136. The Balaban J connectivity index is 1.03. The van der Waals surface area contributed by atoms with E-state index < -0.39 is 0 Å². The zero-order valence-corrected chi connectivity index (χ0v) is 33.0. The molecular formula is C54H53N. The maximum atomic E-state index is 2.63. The summed E-state index contributed by atoms with van der Waals surface area (Å²) in [5, 5.41) is 0. The molecule has 1 heteroatoms. The molecule has 0 aromatic heterocycles. The molecule has 0 saturated heterocycles. The third-order valence-electron chi connectivity index (χ3n) is 15.3. The monoisotopic (exact) mass is 715 g/mol. The van der Waals surface area contributed by atoms with E-state index in [1.54, 1.807) is 11.1 Å². The first-order chi connectivity index (χ1) is 26.7. The van der Waals surface area contributed by atoms with Crippen LogP contribution < -0.4 is 4.90 Å². The number of hydrogen-bond acceptors (Lipinski definition) is 1. The standard InChI is InChI=1S/C54H53N/c1-52(2)26-27-53(3,4)51-33-40(18-25-49(51)52)39-16-21-44(22-17-39)55(43-19-14-38(15-20-43)37-10-6-5-7-11-37)45-23-24-47-46-12-8-9-13-48(46)54(50(47)34-45)41-29-35-28-36(31-41)32-42(54)30-35/h5-25,33-36,41-42H,26-32H2,1-4H3. The second-order valence-corrected chi connectivity index (χ2v) is 19.3. The molecule has 1 nitrogen and oxygen atoms in total. The van der Waals surface area contributed by atoms with Gasteiger partial charge in [-0.3, -0.25) is 0 Å². The van der Waals surface area contributed by atoms with Gasteiger partial charge in [0.15, 0.2) is 0 Å². The van der Waals surface area contributed by atoms with Crippen LogP contribution in [0, 0.1) is 23.7 Å². The zero-order chi connectivity index (χ0) is 37.1. The van der Waals surface area contributed by atoms with Gasteiger partial charge < -0.3 is 4.90 Å². The van der Waals surface area contributed by atoms with Crippen molar-refractivity contribution in [3.63, 3.8) is 0 Å². The van der Waals surface area contributed by atoms with Gasteiger partial charge in [-0.2, -0.15) is 0 Å². The van der Waals surface area contributed by atoms with Crippen molar-refractivity contribution in [3.05, 3.63) is 162 Å². The summed E-state index contributed by atoms with van der Waals surface area (Å²) in [5.74, 6) is 3.34. The highest BCUT2D eigenvalue weighted by Gasteiger charge is 2.61. The van der Waals surface area contributed by atoms with Crippen LogP contribution in [-0.2, 0) is 16.2 Å². The van der Waals surface area contributed by atoms with Crippen LogP contribution in [0.2, 0.25) is 0 Å². The van der Waals surface area contributed by atoms with E-state index in [9.17, 15) is 0 Å². The van der Waals surface area contributed by atoms with Gasteiger partial charge in [-0.15, -0.1) is 0 Å². The molecule has 6 aliphatic carbocycles. The minimum Gasteiger partial charge on any atom is -0.310 e. The molecule has 12 rings (SSSR count). The Morgan fingerprint density at radius 1 is 0.400 bits per heavy atom. The Hall–Kier alpha value is -4.88. The third kappa shape index (κ3) is 5.04. The normalized spacial score (nSPS) is 26.0. The lowest BCUT2D eigenvalue weighted by Gasteiger charge is -2.61. The van der Waals surface area contributed by atoms with Gasteiger partial charge in [0.25, 0.3) is 0 Å². The summed E-state index contributed by atoms with van der Waals surface area (Å²) in [5.41, 5.74) is 18.5. The minimum atomic E-state index is 0.136. The van der Waals surface area contributed by atoms with Crippen LogP contribution in [0.15, 0.2) is 140 Å². The lowest BCUT2D eigenvalue weighted by Crippen LogP contribution is -2.55. The van der Waals surface area contributed by atoms with Crippen LogP contribution in [0.3, 0.4) is 0 Å². The average molecular weight is 716 g/mol. The molecule has 6 aromatic carbocycles. The van der Waals surface area contributed by atoms with Crippen molar-refractivity contribution in [2.24, 2.45) is 23.7 Å². The molecule has 0 amide bonds. The predicted octanol–water partition coefficient (Wildman–Crippen LogP) is 14.6. The summed E-state index contributed by atoms with van der Waals surface area (Å²) in [6.07, 6.45) is 9.53. The molecule has 0 aliphatic heterocycles. The van der Waals surface area contributed by atoms with E-state index in [1.165, 1.54) is 107 Å². The first-order valence-corrected chi connectivity index (χ1v) is 21.1. The molecule has 0 N–H and O–H groups in total. The molecule has 0 unspecified atom stereocenters. The summed E-state index contributed by atoms with van der Waals surface area (Å²) in [6.45, 7) is 9.69. The van der Waals surface area contributed by atoms with E-state index in [-0.39, 0.29) is 16.2 Å². The molecule has 4 saturated carbocycles. The highest BCUT2D eigenvalue weighted by molar-refractivity contribution is 5.87. The van der Waals surface area contributed by atoms with Crippen LogP contribution in [0.4, 0.5) is 17.1 Å². The van der Waals surface area contributed by atoms with Gasteiger partial charge in [0.1, 0.15) is 0 Å². The van der Waals surface area contributed by atoms with Crippen LogP contribution in [0.1, 0.15) is 94.9 Å². The molecule has 4 fully saturated rings. The zero-order valence-electron chi connectivity index (χ0n) is 33.0. The van der Waals surface area contributed by atoms with E-state index in [1.807, 2.05) is 0 Å².